The standard InChI is InChI=1S/C16H22N2O4.ClH/c1-2-14(16(21)22)18-9-7-11(8-10-18)15(20)17-12-3-5-13(19)6-4-12;/h3-6,11,14,19H,2,7-10H2,1H3,(H,17,20)(H,21,22);1H. The molecule has 1 atom stereocenters. The SMILES string of the molecule is CCC(C(=O)O)N1CCC(C(=O)Nc2ccc(O)cc2)CC1.Cl. The highest BCUT2D eigenvalue weighted by atomic mass is 35.5. The number of hydrogen-bond acceptors (Lipinski definition) is 4. The molecule has 128 valence electrons. The summed E-state index contributed by atoms with van der Waals surface area (Å²) in [5.41, 5.74) is 0.655. The molecule has 2 rings (SSSR count). The molecule has 1 amide bonds. The van der Waals surface area contributed by atoms with Crippen molar-refractivity contribution in [3.63, 3.8) is 0 Å². The van der Waals surface area contributed by atoms with Crippen molar-refractivity contribution in [3.8, 4) is 5.75 Å². The van der Waals surface area contributed by atoms with Crippen molar-refractivity contribution in [3.05, 3.63) is 24.3 Å². The minimum atomic E-state index is -0.797. The van der Waals surface area contributed by atoms with Crippen molar-refractivity contribution >= 4 is 30.0 Å². The molecule has 3 N–H and O–H groups in total. The third-order valence-corrected chi connectivity index (χ3v) is 4.15. The largest absolute Gasteiger partial charge is 0.508 e. The third-order valence-electron chi connectivity index (χ3n) is 4.15. The summed E-state index contributed by atoms with van der Waals surface area (Å²) < 4.78 is 0. The van der Waals surface area contributed by atoms with Crippen LogP contribution in [-0.4, -0.2) is 46.1 Å². The van der Waals surface area contributed by atoms with Crippen LogP contribution < -0.4 is 5.32 Å². The Hall–Kier alpha value is -1.79. The van der Waals surface area contributed by atoms with E-state index in [0.717, 1.165) is 0 Å². The maximum absolute atomic E-state index is 12.2. The number of carboxylic acids is 1. The summed E-state index contributed by atoms with van der Waals surface area (Å²) in [5.74, 6) is -0.787. The Labute approximate surface area is 141 Å². The van der Waals surface area contributed by atoms with Gasteiger partial charge in [0.15, 0.2) is 0 Å². The molecule has 1 aliphatic rings. The number of carbonyl (C=O) groups excluding carboxylic acids is 1. The van der Waals surface area contributed by atoms with Gasteiger partial charge in [0.25, 0.3) is 0 Å². The van der Waals surface area contributed by atoms with Crippen molar-refractivity contribution in [1.29, 1.82) is 0 Å². The number of nitrogens with one attached hydrogen (secondary N) is 1. The molecule has 23 heavy (non-hydrogen) atoms. The van der Waals surface area contributed by atoms with E-state index in [-0.39, 0.29) is 30.0 Å². The lowest BCUT2D eigenvalue weighted by Crippen LogP contribution is -2.46. The van der Waals surface area contributed by atoms with E-state index < -0.39 is 12.0 Å². The fourth-order valence-corrected chi connectivity index (χ4v) is 2.85. The molecule has 1 aliphatic heterocycles. The van der Waals surface area contributed by atoms with Crippen molar-refractivity contribution < 1.29 is 19.8 Å². The fraction of sp³-hybridized carbons (Fsp3) is 0.500. The lowest BCUT2D eigenvalue weighted by Gasteiger charge is -2.34. The van der Waals surface area contributed by atoms with Gasteiger partial charge >= 0.3 is 5.97 Å². The summed E-state index contributed by atoms with van der Waals surface area (Å²) >= 11 is 0. The van der Waals surface area contributed by atoms with Gasteiger partial charge in [-0.25, -0.2) is 0 Å². The average Bonchev–Trinajstić information content (AvgIpc) is 2.50. The lowest BCUT2D eigenvalue weighted by atomic mass is 9.94. The Balaban J connectivity index is 0.00000264. The number of aromatic hydroxyl groups is 1. The Kier molecular flexibility index (Phi) is 7.32. The lowest BCUT2D eigenvalue weighted by molar-refractivity contribution is -0.144. The van der Waals surface area contributed by atoms with Gasteiger partial charge in [-0.15, -0.1) is 12.4 Å². The van der Waals surface area contributed by atoms with E-state index >= 15 is 0 Å². The van der Waals surface area contributed by atoms with E-state index in [1.54, 1.807) is 12.1 Å². The fourth-order valence-electron chi connectivity index (χ4n) is 2.85. The van der Waals surface area contributed by atoms with Crippen LogP contribution in [0, 0.1) is 5.92 Å². The molecule has 0 spiro atoms. The Morgan fingerprint density at radius 1 is 1.26 bits per heavy atom. The number of likely N-dealkylation sites (tertiary alicyclic amines) is 1. The molecule has 1 aromatic rings. The quantitative estimate of drug-likeness (QED) is 0.714. The number of amides is 1. The van der Waals surface area contributed by atoms with E-state index in [4.69, 9.17) is 0 Å². The second-order valence-electron chi connectivity index (χ2n) is 5.61. The number of aliphatic carboxylic acids is 1. The van der Waals surface area contributed by atoms with Gasteiger partial charge < -0.3 is 15.5 Å². The van der Waals surface area contributed by atoms with Gasteiger partial charge in [0.05, 0.1) is 0 Å². The number of carboxylic acid groups (broad SMARTS) is 1. The zero-order valence-corrected chi connectivity index (χ0v) is 13.9. The number of rotatable bonds is 5. The number of halogens is 1. The highest BCUT2D eigenvalue weighted by Gasteiger charge is 2.30. The van der Waals surface area contributed by atoms with Gasteiger partial charge in [0, 0.05) is 11.6 Å². The van der Waals surface area contributed by atoms with Gasteiger partial charge in [-0.05, 0) is 56.6 Å². The predicted molar refractivity (Wildman–Crippen MR) is 90.0 cm³/mol. The number of benzene rings is 1. The van der Waals surface area contributed by atoms with E-state index in [2.05, 4.69) is 5.32 Å². The first kappa shape index (κ1) is 19.3. The molecule has 1 saturated heterocycles. The highest BCUT2D eigenvalue weighted by molar-refractivity contribution is 5.92. The van der Waals surface area contributed by atoms with Crippen molar-refractivity contribution in [1.82, 2.24) is 4.90 Å². The van der Waals surface area contributed by atoms with Crippen LogP contribution in [0.3, 0.4) is 0 Å². The number of nitrogens with zero attached hydrogens (tertiary/aromatic N) is 1. The molecule has 6 nitrogen and oxygen atoms in total. The molecule has 0 aliphatic carbocycles. The Morgan fingerprint density at radius 2 is 1.83 bits per heavy atom. The number of piperidine rings is 1. The maximum atomic E-state index is 12.2. The minimum Gasteiger partial charge on any atom is -0.508 e. The van der Waals surface area contributed by atoms with Gasteiger partial charge in [-0.1, -0.05) is 6.92 Å². The molecule has 0 bridgehead atoms. The number of anilines is 1. The van der Waals surface area contributed by atoms with Crippen LogP contribution in [-0.2, 0) is 9.59 Å². The van der Waals surface area contributed by atoms with Crippen molar-refractivity contribution in [2.24, 2.45) is 5.92 Å². The molecule has 0 saturated carbocycles. The maximum Gasteiger partial charge on any atom is 0.320 e. The molecular formula is C16H23ClN2O4. The smallest absolute Gasteiger partial charge is 0.320 e. The minimum absolute atomic E-state index is 0. The summed E-state index contributed by atoms with van der Waals surface area (Å²) in [6, 6.07) is 5.90. The van der Waals surface area contributed by atoms with E-state index in [0.29, 0.717) is 38.0 Å². The Bertz CT molecular complexity index is 527. The molecule has 1 unspecified atom stereocenters. The number of phenols is 1. The van der Waals surface area contributed by atoms with Crippen molar-refractivity contribution in [2.45, 2.75) is 32.2 Å². The van der Waals surface area contributed by atoms with E-state index in [1.165, 1.54) is 12.1 Å². The van der Waals surface area contributed by atoms with Crippen molar-refractivity contribution in [2.75, 3.05) is 18.4 Å². The van der Waals surface area contributed by atoms with Crippen LogP contribution in [0.15, 0.2) is 24.3 Å². The first-order chi connectivity index (χ1) is 10.5. The topological polar surface area (TPSA) is 89.9 Å². The van der Waals surface area contributed by atoms with E-state index in [1.807, 2.05) is 11.8 Å². The molecule has 1 aromatic carbocycles. The van der Waals surface area contributed by atoms with Crippen LogP contribution in [0.25, 0.3) is 0 Å². The Morgan fingerprint density at radius 3 is 2.30 bits per heavy atom. The summed E-state index contributed by atoms with van der Waals surface area (Å²) in [6.07, 6.45) is 1.89. The summed E-state index contributed by atoms with van der Waals surface area (Å²) in [7, 11) is 0. The summed E-state index contributed by atoms with van der Waals surface area (Å²) in [6.45, 7) is 3.11. The molecule has 7 heteroatoms. The number of phenolic OH excluding ortho intramolecular Hbond substituents is 1. The predicted octanol–water partition coefficient (Wildman–Crippen LogP) is 2.33. The first-order valence-corrected chi connectivity index (χ1v) is 7.58. The second kappa shape index (κ2) is 8.74. The van der Waals surface area contributed by atoms with Gasteiger partial charge in [-0.3, -0.25) is 14.5 Å². The number of hydrogen-bond donors (Lipinski definition) is 3. The normalized spacial score (nSPS) is 17.1. The molecule has 0 radical (unpaired) electrons. The van der Waals surface area contributed by atoms with Crippen LogP contribution in [0.5, 0.6) is 5.75 Å². The zero-order chi connectivity index (χ0) is 16.1. The zero-order valence-electron chi connectivity index (χ0n) is 13.1. The second-order valence-corrected chi connectivity index (χ2v) is 5.61. The molecular weight excluding hydrogens is 320 g/mol. The molecule has 0 aromatic heterocycles. The van der Waals surface area contributed by atoms with Gasteiger partial charge in [0.2, 0.25) is 5.91 Å². The van der Waals surface area contributed by atoms with E-state index in [9.17, 15) is 19.8 Å². The van der Waals surface area contributed by atoms with Crippen LogP contribution in [0.1, 0.15) is 26.2 Å². The average molecular weight is 343 g/mol. The molecule has 1 fully saturated rings. The van der Waals surface area contributed by atoms with Crippen LogP contribution in [0.2, 0.25) is 0 Å². The summed E-state index contributed by atoms with van der Waals surface area (Å²) in [4.78, 5) is 25.3. The van der Waals surface area contributed by atoms with Gasteiger partial charge in [-0.2, -0.15) is 0 Å². The number of carbonyl (C=O) groups is 2. The summed E-state index contributed by atoms with van der Waals surface area (Å²) in [5, 5.41) is 21.2. The monoisotopic (exact) mass is 342 g/mol. The van der Waals surface area contributed by atoms with Crippen LogP contribution in [0.4, 0.5) is 5.69 Å². The first-order valence-electron chi connectivity index (χ1n) is 7.58. The third kappa shape index (κ3) is 5.11. The van der Waals surface area contributed by atoms with Crippen LogP contribution >= 0.6 is 12.4 Å². The molecule has 1 heterocycles. The highest BCUT2D eigenvalue weighted by Crippen LogP contribution is 2.22. The van der Waals surface area contributed by atoms with Gasteiger partial charge in [0.1, 0.15) is 11.8 Å².